The second kappa shape index (κ2) is 8.91. The molecule has 1 rings (SSSR count). The third-order valence-corrected chi connectivity index (χ3v) is 3.68. The summed E-state index contributed by atoms with van der Waals surface area (Å²) in [7, 11) is 0. The van der Waals surface area contributed by atoms with Crippen molar-refractivity contribution in [3.63, 3.8) is 0 Å². The normalized spacial score (nSPS) is 19.4. The summed E-state index contributed by atoms with van der Waals surface area (Å²) in [5.41, 5.74) is 0. The molecule has 1 aliphatic heterocycles. The van der Waals surface area contributed by atoms with Crippen LogP contribution in [0.5, 0.6) is 0 Å². The van der Waals surface area contributed by atoms with Gasteiger partial charge in [-0.05, 0) is 32.4 Å². The average Bonchev–Trinajstić information content (AvgIpc) is 2.88. The van der Waals surface area contributed by atoms with Crippen LogP contribution in [-0.4, -0.2) is 48.9 Å². The smallest absolute Gasteiger partial charge is 0.309 e. The van der Waals surface area contributed by atoms with Crippen molar-refractivity contribution in [2.24, 2.45) is 0 Å². The van der Waals surface area contributed by atoms with E-state index in [-0.39, 0.29) is 0 Å². The van der Waals surface area contributed by atoms with Gasteiger partial charge in [-0.1, -0.05) is 26.7 Å². The van der Waals surface area contributed by atoms with Crippen molar-refractivity contribution in [3.8, 4) is 0 Å². The first-order chi connectivity index (χ1) is 9.19. The Hall–Kier alpha value is -1.10. The third kappa shape index (κ3) is 5.59. The van der Waals surface area contributed by atoms with Gasteiger partial charge in [-0.2, -0.15) is 0 Å². The molecule has 0 aromatic rings. The van der Waals surface area contributed by atoms with Crippen LogP contribution >= 0.6 is 0 Å². The highest BCUT2D eigenvalue weighted by Gasteiger charge is 2.24. The number of amides is 2. The first-order valence-electron chi connectivity index (χ1n) is 7.49. The first kappa shape index (κ1) is 16.0. The van der Waals surface area contributed by atoms with Crippen molar-refractivity contribution in [3.05, 3.63) is 0 Å². The van der Waals surface area contributed by atoms with E-state index >= 15 is 0 Å². The maximum Gasteiger partial charge on any atom is 0.309 e. The number of nitrogens with one attached hydrogen (secondary N) is 2. The predicted octanol–water partition coefficient (Wildman–Crippen LogP) is 0.893. The molecular weight excluding hydrogens is 242 g/mol. The summed E-state index contributed by atoms with van der Waals surface area (Å²) in [6, 6.07) is 0.391. The Bertz CT molecular complexity index is 294. The standard InChI is InChI=1S/C14H27N3O2/c1-3-5-6-9-15-13(18)14(19)16-11-12-8-7-10-17(12)4-2/h12H,3-11H2,1-2H3,(H,15,18)(H,16,19)/t12-/m1/s1. The summed E-state index contributed by atoms with van der Waals surface area (Å²) in [5.74, 6) is -1.00. The van der Waals surface area contributed by atoms with Crippen LogP contribution in [0.25, 0.3) is 0 Å². The lowest BCUT2D eigenvalue weighted by Gasteiger charge is -2.22. The molecule has 0 spiro atoms. The van der Waals surface area contributed by atoms with E-state index in [1.54, 1.807) is 0 Å². The van der Waals surface area contributed by atoms with E-state index < -0.39 is 11.8 Å². The molecule has 1 fully saturated rings. The molecule has 0 radical (unpaired) electrons. The summed E-state index contributed by atoms with van der Waals surface area (Å²) in [6.07, 6.45) is 5.40. The molecule has 0 bridgehead atoms. The average molecular weight is 269 g/mol. The van der Waals surface area contributed by atoms with Crippen LogP contribution in [0.4, 0.5) is 0 Å². The van der Waals surface area contributed by atoms with E-state index in [1.165, 1.54) is 6.42 Å². The highest BCUT2D eigenvalue weighted by molar-refractivity contribution is 6.35. The molecule has 1 aliphatic rings. The van der Waals surface area contributed by atoms with Gasteiger partial charge >= 0.3 is 11.8 Å². The molecule has 0 aromatic heterocycles. The van der Waals surface area contributed by atoms with Crippen LogP contribution in [0, 0.1) is 0 Å². The molecular formula is C14H27N3O2. The zero-order valence-electron chi connectivity index (χ0n) is 12.2. The van der Waals surface area contributed by atoms with Crippen LogP contribution in [0.2, 0.25) is 0 Å². The Balaban J connectivity index is 2.17. The first-order valence-corrected chi connectivity index (χ1v) is 7.49. The molecule has 2 N–H and O–H groups in total. The Morgan fingerprint density at radius 1 is 1.16 bits per heavy atom. The highest BCUT2D eigenvalue weighted by Crippen LogP contribution is 2.15. The number of nitrogens with zero attached hydrogens (tertiary/aromatic N) is 1. The van der Waals surface area contributed by atoms with E-state index in [0.717, 1.165) is 38.8 Å². The van der Waals surface area contributed by atoms with Gasteiger partial charge in [0.2, 0.25) is 0 Å². The summed E-state index contributed by atoms with van der Waals surface area (Å²) < 4.78 is 0. The second-order valence-corrected chi connectivity index (χ2v) is 5.10. The van der Waals surface area contributed by atoms with Gasteiger partial charge in [0.25, 0.3) is 0 Å². The Labute approximate surface area is 116 Å². The number of likely N-dealkylation sites (N-methyl/N-ethyl adjacent to an activating group) is 1. The minimum Gasteiger partial charge on any atom is -0.348 e. The van der Waals surface area contributed by atoms with Gasteiger partial charge in [0.1, 0.15) is 0 Å². The van der Waals surface area contributed by atoms with Gasteiger partial charge in [0.05, 0.1) is 0 Å². The number of carbonyl (C=O) groups is 2. The fraction of sp³-hybridized carbons (Fsp3) is 0.857. The number of hydrogen-bond donors (Lipinski definition) is 2. The van der Waals surface area contributed by atoms with Crippen molar-refractivity contribution < 1.29 is 9.59 Å². The lowest BCUT2D eigenvalue weighted by atomic mass is 10.2. The number of carbonyl (C=O) groups excluding carboxylic acids is 2. The molecule has 1 atom stereocenters. The van der Waals surface area contributed by atoms with Crippen LogP contribution in [0.15, 0.2) is 0 Å². The Morgan fingerprint density at radius 2 is 1.89 bits per heavy atom. The number of rotatable bonds is 7. The second-order valence-electron chi connectivity index (χ2n) is 5.10. The lowest BCUT2D eigenvalue weighted by Crippen LogP contribution is -2.45. The molecule has 19 heavy (non-hydrogen) atoms. The third-order valence-electron chi connectivity index (χ3n) is 3.68. The van der Waals surface area contributed by atoms with Gasteiger partial charge in [-0.15, -0.1) is 0 Å². The minimum atomic E-state index is -0.503. The van der Waals surface area contributed by atoms with Gasteiger partial charge in [0, 0.05) is 19.1 Å². The minimum absolute atomic E-state index is 0.391. The molecule has 0 saturated carbocycles. The summed E-state index contributed by atoms with van der Waals surface area (Å²) in [5, 5.41) is 5.39. The molecule has 1 heterocycles. The lowest BCUT2D eigenvalue weighted by molar-refractivity contribution is -0.139. The van der Waals surface area contributed by atoms with Crippen molar-refractivity contribution in [1.82, 2.24) is 15.5 Å². The molecule has 0 aromatic carbocycles. The van der Waals surface area contributed by atoms with Crippen molar-refractivity contribution in [1.29, 1.82) is 0 Å². The topological polar surface area (TPSA) is 61.4 Å². The zero-order chi connectivity index (χ0) is 14.1. The monoisotopic (exact) mass is 269 g/mol. The Kier molecular flexibility index (Phi) is 7.48. The highest BCUT2D eigenvalue weighted by atomic mass is 16.2. The quantitative estimate of drug-likeness (QED) is 0.533. The zero-order valence-corrected chi connectivity index (χ0v) is 12.2. The molecule has 0 aliphatic carbocycles. The molecule has 5 nitrogen and oxygen atoms in total. The maximum atomic E-state index is 11.6. The number of hydrogen-bond acceptors (Lipinski definition) is 3. The van der Waals surface area contributed by atoms with E-state index in [0.29, 0.717) is 19.1 Å². The number of likely N-dealkylation sites (tertiary alicyclic amines) is 1. The van der Waals surface area contributed by atoms with Gasteiger partial charge in [0.15, 0.2) is 0 Å². The fourth-order valence-electron chi connectivity index (χ4n) is 2.49. The molecule has 1 saturated heterocycles. The predicted molar refractivity (Wildman–Crippen MR) is 75.8 cm³/mol. The van der Waals surface area contributed by atoms with Crippen molar-refractivity contribution in [2.75, 3.05) is 26.2 Å². The molecule has 5 heteroatoms. The molecule has 2 amide bonds. The van der Waals surface area contributed by atoms with E-state index in [1.807, 2.05) is 0 Å². The summed E-state index contributed by atoms with van der Waals surface area (Å²) >= 11 is 0. The van der Waals surface area contributed by atoms with Crippen LogP contribution in [0.1, 0.15) is 46.0 Å². The largest absolute Gasteiger partial charge is 0.348 e. The van der Waals surface area contributed by atoms with Crippen LogP contribution < -0.4 is 10.6 Å². The van der Waals surface area contributed by atoms with Gasteiger partial charge in [-0.3, -0.25) is 14.5 Å². The van der Waals surface area contributed by atoms with Gasteiger partial charge in [-0.25, -0.2) is 0 Å². The van der Waals surface area contributed by atoms with E-state index in [9.17, 15) is 9.59 Å². The molecule has 0 unspecified atom stereocenters. The van der Waals surface area contributed by atoms with Gasteiger partial charge < -0.3 is 10.6 Å². The fourth-order valence-corrected chi connectivity index (χ4v) is 2.49. The SMILES string of the molecule is CCCCCNC(=O)C(=O)NC[C@H]1CCCN1CC. The van der Waals surface area contributed by atoms with E-state index in [4.69, 9.17) is 0 Å². The number of unbranched alkanes of at least 4 members (excludes halogenated alkanes) is 2. The van der Waals surface area contributed by atoms with Crippen LogP contribution in [0.3, 0.4) is 0 Å². The van der Waals surface area contributed by atoms with Crippen molar-refractivity contribution >= 4 is 11.8 Å². The maximum absolute atomic E-state index is 11.6. The summed E-state index contributed by atoms with van der Waals surface area (Å²) in [4.78, 5) is 25.5. The van der Waals surface area contributed by atoms with Crippen molar-refractivity contribution in [2.45, 2.75) is 52.0 Å². The Morgan fingerprint density at radius 3 is 2.58 bits per heavy atom. The molecule has 110 valence electrons. The van der Waals surface area contributed by atoms with Crippen LogP contribution in [-0.2, 0) is 9.59 Å². The summed E-state index contributed by atoms with van der Waals surface area (Å²) in [6.45, 7) is 7.50. The van der Waals surface area contributed by atoms with E-state index in [2.05, 4.69) is 29.4 Å².